The van der Waals surface area contributed by atoms with Gasteiger partial charge in [0, 0.05) is 31.8 Å². The first-order valence-electron chi connectivity index (χ1n) is 5.42. The van der Waals surface area contributed by atoms with E-state index in [0.29, 0.717) is 5.69 Å². The highest BCUT2D eigenvalue weighted by Crippen LogP contribution is 2.17. The van der Waals surface area contributed by atoms with E-state index in [1.807, 2.05) is 31.5 Å². The molecule has 1 amide bonds. The van der Waals surface area contributed by atoms with E-state index in [9.17, 15) is 4.79 Å². The molecule has 1 aromatic rings. The minimum Gasteiger partial charge on any atom is -0.396 e. The topological polar surface area (TPSA) is 54.3 Å². The fraction of sp³-hybridized carbons (Fsp3) is 0.417. The van der Waals surface area contributed by atoms with Gasteiger partial charge in [0.05, 0.1) is 0 Å². The molecular weight excluding hydrogens is 204 g/mol. The zero-order chi connectivity index (χ0) is 11.5. The lowest BCUT2D eigenvalue weighted by atomic mass is 10.1. The number of carbonyl (C=O) groups excluding carboxylic acids is 1. The predicted molar refractivity (Wildman–Crippen MR) is 61.0 cm³/mol. The average Bonchev–Trinajstić information content (AvgIpc) is 2.86. The second kappa shape index (κ2) is 4.53. The Morgan fingerprint density at radius 3 is 3.00 bits per heavy atom. The molecule has 2 atom stereocenters. The van der Waals surface area contributed by atoms with Crippen molar-refractivity contribution in [2.45, 2.75) is 12.5 Å². The molecule has 4 heteroatoms. The van der Waals surface area contributed by atoms with Crippen LogP contribution in [0, 0.1) is 5.92 Å². The molecule has 0 saturated heterocycles. The first kappa shape index (κ1) is 11.0. The molecule has 0 spiro atoms. The molecule has 0 bridgehead atoms. The van der Waals surface area contributed by atoms with Gasteiger partial charge in [0.1, 0.15) is 5.69 Å². The van der Waals surface area contributed by atoms with Crippen LogP contribution < -0.4 is 5.32 Å². The molecule has 0 aromatic carbocycles. The van der Waals surface area contributed by atoms with Gasteiger partial charge in [-0.3, -0.25) is 4.79 Å². The van der Waals surface area contributed by atoms with Crippen LogP contribution in [0.15, 0.2) is 30.5 Å². The van der Waals surface area contributed by atoms with Gasteiger partial charge >= 0.3 is 0 Å². The molecule has 0 saturated carbocycles. The summed E-state index contributed by atoms with van der Waals surface area (Å²) in [4.78, 5) is 11.8. The van der Waals surface area contributed by atoms with Crippen LogP contribution in [0.1, 0.15) is 16.9 Å². The normalized spacial score (nSPS) is 23.6. The lowest BCUT2D eigenvalue weighted by Gasteiger charge is -2.12. The van der Waals surface area contributed by atoms with E-state index in [0.717, 1.165) is 6.42 Å². The first-order chi connectivity index (χ1) is 7.70. The third-order valence-electron chi connectivity index (χ3n) is 2.90. The fourth-order valence-electron chi connectivity index (χ4n) is 1.96. The van der Waals surface area contributed by atoms with Crippen LogP contribution in [-0.2, 0) is 7.05 Å². The fourth-order valence-corrected chi connectivity index (χ4v) is 1.96. The van der Waals surface area contributed by atoms with Crippen LogP contribution in [0.3, 0.4) is 0 Å². The highest BCUT2D eigenvalue weighted by atomic mass is 16.3. The van der Waals surface area contributed by atoms with Crippen molar-refractivity contribution in [3.05, 3.63) is 36.2 Å². The van der Waals surface area contributed by atoms with Gasteiger partial charge in [-0.25, -0.2) is 0 Å². The summed E-state index contributed by atoms with van der Waals surface area (Å²) in [5, 5.41) is 11.9. The summed E-state index contributed by atoms with van der Waals surface area (Å²) in [6.45, 7) is 0.146. The van der Waals surface area contributed by atoms with Crippen molar-refractivity contribution in [2.24, 2.45) is 13.0 Å². The number of nitrogens with zero attached hydrogens (tertiary/aromatic N) is 1. The Hall–Kier alpha value is -1.55. The third-order valence-corrected chi connectivity index (χ3v) is 2.90. The number of aliphatic hydroxyl groups is 1. The average molecular weight is 220 g/mol. The number of aromatic nitrogens is 1. The Kier molecular flexibility index (Phi) is 3.10. The molecule has 0 radical (unpaired) electrons. The summed E-state index contributed by atoms with van der Waals surface area (Å²) in [6.07, 6.45) is 6.53. The van der Waals surface area contributed by atoms with Gasteiger partial charge < -0.3 is 15.0 Å². The van der Waals surface area contributed by atoms with E-state index < -0.39 is 0 Å². The molecule has 16 heavy (non-hydrogen) atoms. The van der Waals surface area contributed by atoms with Crippen molar-refractivity contribution in [3.63, 3.8) is 0 Å². The van der Waals surface area contributed by atoms with E-state index in [2.05, 4.69) is 5.32 Å². The number of hydrogen-bond donors (Lipinski definition) is 2. The number of nitrogens with one attached hydrogen (secondary N) is 1. The minimum atomic E-state index is -0.0688. The molecule has 1 aliphatic carbocycles. The lowest BCUT2D eigenvalue weighted by Crippen LogP contribution is -2.33. The van der Waals surface area contributed by atoms with E-state index >= 15 is 0 Å². The molecule has 0 aliphatic heterocycles. The number of aryl methyl sites for hydroxylation is 1. The van der Waals surface area contributed by atoms with Gasteiger partial charge in [0.2, 0.25) is 0 Å². The van der Waals surface area contributed by atoms with Crippen molar-refractivity contribution in [3.8, 4) is 0 Å². The van der Waals surface area contributed by atoms with E-state index in [4.69, 9.17) is 5.11 Å². The van der Waals surface area contributed by atoms with Crippen LogP contribution in [0.2, 0.25) is 0 Å². The van der Waals surface area contributed by atoms with Crippen molar-refractivity contribution in [1.82, 2.24) is 9.88 Å². The SMILES string of the molecule is Cn1cccc1C(=O)N[C@@H]1C=C[C@H](CO)C1. The van der Waals surface area contributed by atoms with Crippen molar-refractivity contribution in [1.29, 1.82) is 0 Å². The summed E-state index contributed by atoms with van der Waals surface area (Å²) < 4.78 is 1.79. The summed E-state index contributed by atoms with van der Waals surface area (Å²) in [5.41, 5.74) is 0.654. The molecule has 2 N–H and O–H groups in total. The molecule has 0 fully saturated rings. The maximum Gasteiger partial charge on any atom is 0.268 e. The Bertz CT molecular complexity index is 409. The molecule has 4 nitrogen and oxygen atoms in total. The van der Waals surface area contributed by atoms with Gasteiger partial charge in [-0.2, -0.15) is 0 Å². The van der Waals surface area contributed by atoms with Crippen molar-refractivity contribution >= 4 is 5.91 Å². The summed E-state index contributed by atoms with van der Waals surface area (Å²) in [7, 11) is 1.84. The molecule has 86 valence electrons. The monoisotopic (exact) mass is 220 g/mol. The van der Waals surface area contributed by atoms with Crippen LogP contribution in [0.5, 0.6) is 0 Å². The van der Waals surface area contributed by atoms with E-state index in [-0.39, 0.29) is 24.5 Å². The number of rotatable bonds is 3. The standard InChI is InChI=1S/C12H16N2O2/c1-14-6-2-3-11(14)12(16)13-10-5-4-9(7-10)8-15/h2-6,9-10,15H,7-8H2,1H3,(H,13,16)/t9-,10+/m0/s1. The van der Waals surface area contributed by atoms with Crippen molar-refractivity contribution in [2.75, 3.05) is 6.61 Å². The van der Waals surface area contributed by atoms with Crippen LogP contribution in [0.4, 0.5) is 0 Å². The second-order valence-corrected chi connectivity index (χ2v) is 4.15. The van der Waals surface area contributed by atoms with Crippen LogP contribution in [-0.4, -0.2) is 28.2 Å². The van der Waals surface area contributed by atoms with Gasteiger partial charge in [-0.05, 0) is 18.6 Å². The Balaban J connectivity index is 1.95. The van der Waals surface area contributed by atoms with Gasteiger partial charge in [0.15, 0.2) is 0 Å². The van der Waals surface area contributed by atoms with E-state index in [1.54, 1.807) is 10.6 Å². The highest BCUT2D eigenvalue weighted by molar-refractivity contribution is 5.93. The van der Waals surface area contributed by atoms with Crippen molar-refractivity contribution < 1.29 is 9.90 Å². The smallest absolute Gasteiger partial charge is 0.268 e. The maximum absolute atomic E-state index is 11.8. The predicted octanol–water partition coefficient (Wildman–Crippen LogP) is 0.692. The molecule has 2 rings (SSSR count). The number of aliphatic hydroxyl groups excluding tert-OH is 1. The third kappa shape index (κ3) is 2.17. The molecule has 1 aromatic heterocycles. The summed E-state index contributed by atoms with van der Waals surface area (Å²) in [6, 6.07) is 3.67. The second-order valence-electron chi connectivity index (χ2n) is 4.15. The number of hydrogen-bond acceptors (Lipinski definition) is 2. The van der Waals surface area contributed by atoms with Gasteiger partial charge in [0.25, 0.3) is 5.91 Å². The first-order valence-corrected chi connectivity index (χ1v) is 5.42. The molecule has 1 aliphatic rings. The number of carbonyl (C=O) groups is 1. The molecular formula is C12H16N2O2. The zero-order valence-electron chi connectivity index (χ0n) is 9.26. The minimum absolute atomic E-state index is 0.0412. The van der Waals surface area contributed by atoms with Gasteiger partial charge in [-0.15, -0.1) is 0 Å². The highest BCUT2D eigenvalue weighted by Gasteiger charge is 2.20. The maximum atomic E-state index is 11.8. The molecule has 1 heterocycles. The Morgan fingerprint density at radius 2 is 2.44 bits per heavy atom. The Morgan fingerprint density at radius 1 is 1.62 bits per heavy atom. The molecule has 0 unspecified atom stereocenters. The largest absolute Gasteiger partial charge is 0.396 e. The lowest BCUT2D eigenvalue weighted by molar-refractivity contribution is 0.0933. The number of amides is 1. The van der Waals surface area contributed by atoms with E-state index in [1.165, 1.54) is 0 Å². The van der Waals surface area contributed by atoms with Gasteiger partial charge in [-0.1, -0.05) is 12.2 Å². The zero-order valence-corrected chi connectivity index (χ0v) is 9.26. The quantitative estimate of drug-likeness (QED) is 0.736. The van der Waals surface area contributed by atoms with Crippen LogP contribution >= 0.6 is 0 Å². The van der Waals surface area contributed by atoms with Crippen LogP contribution in [0.25, 0.3) is 0 Å². The Labute approximate surface area is 94.6 Å². The summed E-state index contributed by atoms with van der Waals surface area (Å²) in [5.74, 6) is 0.111. The summed E-state index contributed by atoms with van der Waals surface area (Å²) >= 11 is 0.